The molecule has 9 heteroatoms. The van der Waals surface area contributed by atoms with Crippen LogP contribution in [-0.2, 0) is 25.6 Å². The summed E-state index contributed by atoms with van der Waals surface area (Å²) in [5.41, 5.74) is 0.144. The van der Waals surface area contributed by atoms with Crippen LogP contribution in [0.4, 0.5) is 0 Å². The van der Waals surface area contributed by atoms with Crippen molar-refractivity contribution in [2.45, 2.75) is 51.6 Å². The molecule has 1 N–H and O–H groups in total. The quantitative estimate of drug-likeness (QED) is 0.449. The molecule has 0 bridgehead atoms. The van der Waals surface area contributed by atoms with E-state index in [1.165, 1.54) is 10.8 Å². The first kappa shape index (κ1) is 21.9. The summed E-state index contributed by atoms with van der Waals surface area (Å²) in [5.74, 6) is -1.22. The van der Waals surface area contributed by atoms with Gasteiger partial charge >= 0.3 is 5.69 Å². The summed E-state index contributed by atoms with van der Waals surface area (Å²) in [6.07, 6.45) is -1.33. The third-order valence-electron chi connectivity index (χ3n) is 4.55. The molecular formula is C20H23IN2O6. The van der Waals surface area contributed by atoms with Crippen molar-refractivity contribution in [2.75, 3.05) is 4.43 Å². The molecule has 1 fully saturated rings. The Kier molecular flexibility index (Phi) is 6.72. The molecule has 156 valence electrons. The molecule has 0 aliphatic carbocycles. The lowest BCUT2D eigenvalue weighted by Gasteiger charge is -2.26. The van der Waals surface area contributed by atoms with Crippen LogP contribution in [-0.4, -0.2) is 37.8 Å². The van der Waals surface area contributed by atoms with E-state index < -0.39 is 35.5 Å². The minimum atomic E-state index is -1.04. The van der Waals surface area contributed by atoms with Gasteiger partial charge in [0.2, 0.25) is 0 Å². The maximum absolute atomic E-state index is 12.7. The van der Waals surface area contributed by atoms with Crippen molar-refractivity contribution in [1.82, 2.24) is 9.55 Å². The van der Waals surface area contributed by atoms with Gasteiger partial charge in [-0.3, -0.25) is 19.1 Å². The summed E-state index contributed by atoms with van der Waals surface area (Å²) < 4.78 is 19.3. The van der Waals surface area contributed by atoms with E-state index in [4.69, 9.17) is 14.2 Å². The van der Waals surface area contributed by atoms with Crippen LogP contribution in [0.2, 0.25) is 0 Å². The molecular weight excluding hydrogens is 491 g/mol. The van der Waals surface area contributed by atoms with Crippen LogP contribution in [0.3, 0.4) is 0 Å². The SMILES string of the molecule is Cc1cn([C@H]2OC(C)(C)O[C@@H]2[C@H](OCc2ccccc2)C(=O)CI)c(=O)[nH]c1=O. The normalized spacial score (nSPS) is 21.8. The molecule has 2 aromatic rings. The van der Waals surface area contributed by atoms with Crippen molar-refractivity contribution in [3.05, 3.63) is 68.5 Å². The topological polar surface area (TPSA) is 99.6 Å². The van der Waals surface area contributed by atoms with Crippen LogP contribution in [0, 0.1) is 6.92 Å². The lowest BCUT2D eigenvalue weighted by atomic mass is 10.1. The first-order valence-corrected chi connectivity index (χ1v) is 10.7. The summed E-state index contributed by atoms with van der Waals surface area (Å²) in [7, 11) is 0. The largest absolute Gasteiger partial charge is 0.363 e. The minimum absolute atomic E-state index is 0.174. The highest BCUT2D eigenvalue weighted by Crippen LogP contribution is 2.37. The number of aromatic amines is 1. The van der Waals surface area contributed by atoms with Crippen LogP contribution in [0.15, 0.2) is 46.1 Å². The zero-order chi connectivity index (χ0) is 21.2. The lowest BCUT2D eigenvalue weighted by molar-refractivity contribution is -0.166. The fourth-order valence-electron chi connectivity index (χ4n) is 3.18. The van der Waals surface area contributed by atoms with Crippen LogP contribution < -0.4 is 11.2 Å². The number of nitrogens with one attached hydrogen (secondary N) is 1. The second kappa shape index (κ2) is 8.90. The number of Topliss-reactive ketones (excluding diaryl/α,β-unsaturated/α-hetero) is 1. The van der Waals surface area contributed by atoms with Crippen molar-refractivity contribution >= 4 is 28.4 Å². The molecule has 0 unspecified atom stereocenters. The van der Waals surface area contributed by atoms with Gasteiger partial charge in [-0.25, -0.2) is 4.79 Å². The molecule has 1 saturated heterocycles. The van der Waals surface area contributed by atoms with E-state index in [-0.39, 0.29) is 16.8 Å². The third kappa shape index (κ3) is 5.03. The Balaban J connectivity index is 1.95. The molecule has 3 rings (SSSR count). The van der Waals surface area contributed by atoms with Gasteiger partial charge in [0, 0.05) is 11.8 Å². The van der Waals surface area contributed by atoms with E-state index >= 15 is 0 Å². The fraction of sp³-hybridized carbons (Fsp3) is 0.450. The Morgan fingerprint density at radius 1 is 1.28 bits per heavy atom. The van der Waals surface area contributed by atoms with Gasteiger partial charge in [-0.05, 0) is 26.3 Å². The Morgan fingerprint density at radius 2 is 1.97 bits per heavy atom. The molecule has 1 aromatic heterocycles. The van der Waals surface area contributed by atoms with Crippen molar-refractivity contribution in [2.24, 2.45) is 0 Å². The number of H-pyrrole nitrogens is 1. The zero-order valence-corrected chi connectivity index (χ0v) is 18.5. The first-order valence-electron chi connectivity index (χ1n) is 9.14. The maximum Gasteiger partial charge on any atom is 0.330 e. The first-order chi connectivity index (χ1) is 13.7. The Labute approximate surface area is 181 Å². The van der Waals surface area contributed by atoms with Crippen molar-refractivity contribution < 1.29 is 19.0 Å². The van der Waals surface area contributed by atoms with Crippen LogP contribution in [0.25, 0.3) is 0 Å². The third-order valence-corrected chi connectivity index (χ3v) is 5.30. The van der Waals surface area contributed by atoms with Crippen molar-refractivity contribution in [3.8, 4) is 0 Å². The number of aromatic nitrogens is 2. The van der Waals surface area contributed by atoms with E-state index in [0.29, 0.717) is 5.56 Å². The van der Waals surface area contributed by atoms with Gasteiger partial charge in [-0.15, -0.1) is 0 Å². The minimum Gasteiger partial charge on any atom is -0.363 e. The van der Waals surface area contributed by atoms with Crippen molar-refractivity contribution in [1.29, 1.82) is 0 Å². The van der Waals surface area contributed by atoms with Gasteiger partial charge in [-0.2, -0.15) is 0 Å². The number of benzene rings is 1. The molecule has 1 aromatic carbocycles. The zero-order valence-electron chi connectivity index (χ0n) is 16.4. The smallest absolute Gasteiger partial charge is 0.330 e. The van der Waals surface area contributed by atoms with Gasteiger partial charge < -0.3 is 14.2 Å². The molecule has 0 radical (unpaired) electrons. The molecule has 3 atom stereocenters. The average Bonchev–Trinajstić information content (AvgIpc) is 3.00. The number of ether oxygens (including phenoxy) is 3. The number of halogens is 1. The number of alkyl halides is 1. The van der Waals surface area contributed by atoms with Crippen LogP contribution in [0.5, 0.6) is 0 Å². The maximum atomic E-state index is 12.7. The highest BCUT2D eigenvalue weighted by molar-refractivity contribution is 14.1. The predicted molar refractivity (Wildman–Crippen MR) is 114 cm³/mol. The molecule has 8 nitrogen and oxygen atoms in total. The second-order valence-corrected chi connectivity index (χ2v) is 8.05. The number of nitrogens with zero attached hydrogens (tertiary/aromatic N) is 1. The molecule has 1 aliphatic rings. The molecule has 29 heavy (non-hydrogen) atoms. The van der Waals surface area contributed by atoms with Gasteiger partial charge in [0.05, 0.1) is 11.0 Å². The Bertz CT molecular complexity index is 984. The summed E-state index contributed by atoms with van der Waals surface area (Å²) in [6, 6.07) is 9.47. The predicted octanol–water partition coefficient (Wildman–Crippen LogP) is 2.08. The summed E-state index contributed by atoms with van der Waals surface area (Å²) in [6.45, 7) is 5.20. The number of hydrogen-bond acceptors (Lipinski definition) is 6. The average molecular weight is 514 g/mol. The number of aryl methyl sites for hydroxylation is 1. The summed E-state index contributed by atoms with van der Waals surface area (Å²) in [5, 5.41) is 0. The van der Waals surface area contributed by atoms with Crippen molar-refractivity contribution in [3.63, 3.8) is 0 Å². The van der Waals surface area contributed by atoms with E-state index in [2.05, 4.69) is 4.98 Å². The summed E-state index contributed by atoms with van der Waals surface area (Å²) >= 11 is 1.97. The van der Waals surface area contributed by atoms with E-state index in [1.54, 1.807) is 20.8 Å². The standard InChI is InChI=1S/C20H23IN2O6/c1-12-10-23(19(26)22-17(12)25)18-16(28-20(2,3)29-18)15(14(24)9-21)27-11-13-7-5-4-6-8-13/h4-8,10,15-16,18H,9,11H2,1-3H3,(H,22,25,26)/t15-,16-,18+/m1/s1. The molecule has 1 aliphatic heterocycles. The molecule has 0 saturated carbocycles. The highest BCUT2D eigenvalue weighted by Gasteiger charge is 2.49. The molecule has 0 spiro atoms. The number of rotatable bonds is 7. The highest BCUT2D eigenvalue weighted by atomic mass is 127. The van der Waals surface area contributed by atoms with Crippen LogP contribution >= 0.6 is 22.6 Å². The number of ketones is 1. The monoisotopic (exact) mass is 514 g/mol. The van der Waals surface area contributed by atoms with E-state index in [1.807, 2.05) is 52.9 Å². The molecule has 0 amide bonds. The summed E-state index contributed by atoms with van der Waals surface area (Å²) in [4.78, 5) is 39.1. The van der Waals surface area contributed by atoms with E-state index in [9.17, 15) is 14.4 Å². The lowest BCUT2D eigenvalue weighted by Crippen LogP contribution is -2.45. The number of hydrogen-bond donors (Lipinski definition) is 1. The van der Waals surface area contributed by atoms with Crippen LogP contribution in [0.1, 0.15) is 31.2 Å². The Hall–Kier alpha value is -1.82. The molecule has 2 heterocycles. The van der Waals surface area contributed by atoms with Gasteiger partial charge in [-0.1, -0.05) is 52.9 Å². The number of carbonyl (C=O) groups is 1. The van der Waals surface area contributed by atoms with E-state index in [0.717, 1.165) is 5.56 Å². The van der Waals surface area contributed by atoms with Gasteiger partial charge in [0.1, 0.15) is 12.2 Å². The van der Waals surface area contributed by atoms with Gasteiger partial charge in [0.15, 0.2) is 17.8 Å². The fourth-order valence-corrected chi connectivity index (χ4v) is 3.61. The second-order valence-electron chi connectivity index (χ2n) is 7.29. The van der Waals surface area contributed by atoms with Gasteiger partial charge in [0.25, 0.3) is 5.56 Å². The Morgan fingerprint density at radius 3 is 2.62 bits per heavy atom. The number of carbonyl (C=O) groups excluding carboxylic acids is 1.